The lowest BCUT2D eigenvalue weighted by Gasteiger charge is -2.17. The molecule has 0 aliphatic carbocycles. The lowest BCUT2D eigenvalue weighted by atomic mass is 10.3. The Kier molecular flexibility index (Phi) is 4.72. The molecule has 0 atom stereocenters. The van der Waals surface area contributed by atoms with E-state index in [4.69, 9.17) is 10.5 Å². The van der Waals surface area contributed by atoms with Crippen molar-refractivity contribution >= 4 is 11.7 Å². The number of hydrogen-bond acceptors (Lipinski definition) is 4. The van der Waals surface area contributed by atoms with Crippen molar-refractivity contribution in [1.82, 2.24) is 4.98 Å². The maximum Gasteiger partial charge on any atom is 0.268 e. The highest BCUT2D eigenvalue weighted by molar-refractivity contribution is 5.90. The molecule has 1 rings (SSSR count). The number of amides is 1. The second-order valence-electron chi connectivity index (χ2n) is 3.43. The van der Waals surface area contributed by atoms with Crippen LogP contribution in [0, 0.1) is 6.07 Å². The molecule has 5 heteroatoms. The van der Waals surface area contributed by atoms with Gasteiger partial charge in [-0.05, 0) is 18.6 Å². The van der Waals surface area contributed by atoms with Gasteiger partial charge in [-0.1, -0.05) is 0 Å². The third-order valence-corrected chi connectivity index (χ3v) is 2.15. The summed E-state index contributed by atoms with van der Waals surface area (Å²) in [5.74, 6) is 0.149. The number of nitrogens with two attached hydrogens (primary N) is 1. The Morgan fingerprint density at radius 3 is 3.06 bits per heavy atom. The average Bonchev–Trinajstić information content (AvgIpc) is 2.29. The van der Waals surface area contributed by atoms with Gasteiger partial charge < -0.3 is 15.4 Å². The Balaban J connectivity index is 2.64. The minimum Gasteiger partial charge on any atom is -0.385 e. The maximum atomic E-state index is 10.9. The van der Waals surface area contributed by atoms with Crippen LogP contribution in [0.15, 0.2) is 12.1 Å². The molecule has 0 saturated heterocycles. The van der Waals surface area contributed by atoms with Gasteiger partial charge in [0.1, 0.15) is 11.5 Å². The molecular formula is C11H16N3O2. The fraction of sp³-hybridized carbons (Fsp3) is 0.455. The van der Waals surface area contributed by atoms with E-state index in [0.29, 0.717) is 12.4 Å². The summed E-state index contributed by atoms with van der Waals surface area (Å²) in [5, 5.41) is 0. The Morgan fingerprint density at radius 2 is 2.44 bits per heavy atom. The van der Waals surface area contributed by atoms with Gasteiger partial charge in [0.25, 0.3) is 5.91 Å². The van der Waals surface area contributed by atoms with E-state index in [1.807, 2.05) is 11.9 Å². The van der Waals surface area contributed by atoms with Crippen molar-refractivity contribution in [2.75, 3.05) is 32.2 Å². The van der Waals surface area contributed by atoms with Crippen LogP contribution in [0.3, 0.4) is 0 Å². The number of ether oxygens (including phenoxy) is 1. The number of carbonyl (C=O) groups excluding carboxylic acids is 1. The van der Waals surface area contributed by atoms with E-state index in [9.17, 15) is 4.79 Å². The van der Waals surface area contributed by atoms with Crippen LogP contribution in [0.1, 0.15) is 16.9 Å². The van der Waals surface area contributed by atoms with Gasteiger partial charge in [-0.3, -0.25) is 4.79 Å². The van der Waals surface area contributed by atoms with Crippen molar-refractivity contribution in [2.24, 2.45) is 5.73 Å². The second-order valence-corrected chi connectivity index (χ2v) is 3.43. The Morgan fingerprint density at radius 1 is 1.69 bits per heavy atom. The summed E-state index contributed by atoms with van der Waals surface area (Å²) in [6.45, 7) is 1.51. The summed E-state index contributed by atoms with van der Waals surface area (Å²) in [6, 6.07) is 6.13. The zero-order chi connectivity index (χ0) is 12.0. The zero-order valence-corrected chi connectivity index (χ0v) is 9.56. The number of methoxy groups -OCH3 is 1. The quantitative estimate of drug-likeness (QED) is 0.710. The third kappa shape index (κ3) is 3.51. The number of pyridine rings is 1. The van der Waals surface area contributed by atoms with Crippen molar-refractivity contribution < 1.29 is 9.53 Å². The van der Waals surface area contributed by atoms with Crippen LogP contribution in [0.4, 0.5) is 5.82 Å². The summed E-state index contributed by atoms with van der Waals surface area (Å²) < 4.78 is 4.96. The molecule has 1 radical (unpaired) electrons. The summed E-state index contributed by atoms with van der Waals surface area (Å²) in [4.78, 5) is 17.0. The van der Waals surface area contributed by atoms with Crippen LogP contribution in [0.2, 0.25) is 0 Å². The van der Waals surface area contributed by atoms with E-state index in [0.717, 1.165) is 13.0 Å². The predicted molar refractivity (Wildman–Crippen MR) is 61.4 cm³/mol. The summed E-state index contributed by atoms with van der Waals surface area (Å²) in [6.07, 6.45) is 0.902. The Hall–Kier alpha value is -1.62. The average molecular weight is 222 g/mol. The molecule has 0 aromatic carbocycles. The number of carbonyl (C=O) groups is 1. The van der Waals surface area contributed by atoms with Crippen molar-refractivity contribution in [1.29, 1.82) is 0 Å². The fourth-order valence-corrected chi connectivity index (χ4v) is 1.28. The second kappa shape index (κ2) is 6.07. The molecule has 5 nitrogen and oxygen atoms in total. The molecule has 1 heterocycles. The van der Waals surface area contributed by atoms with Gasteiger partial charge >= 0.3 is 0 Å². The molecule has 0 bridgehead atoms. The molecule has 0 aliphatic rings. The summed E-state index contributed by atoms with van der Waals surface area (Å²) in [7, 11) is 3.57. The first-order valence-electron chi connectivity index (χ1n) is 5.03. The Bertz CT molecular complexity index is 355. The normalized spacial score (nSPS) is 10.1. The van der Waals surface area contributed by atoms with Crippen LogP contribution in [0.25, 0.3) is 0 Å². The minimum atomic E-state index is -0.563. The number of anilines is 1. The molecule has 1 amide bonds. The highest BCUT2D eigenvalue weighted by atomic mass is 16.5. The SMILES string of the molecule is COCCCN(C)c1cc[c]c(C(N)=O)n1. The topological polar surface area (TPSA) is 68.5 Å². The van der Waals surface area contributed by atoms with Gasteiger partial charge in [0.05, 0.1) is 0 Å². The number of rotatable bonds is 6. The van der Waals surface area contributed by atoms with Gasteiger partial charge in [0.2, 0.25) is 0 Å². The van der Waals surface area contributed by atoms with Crippen molar-refractivity contribution in [3.05, 3.63) is 23.9 Å². The monoisotopic (exact) mass is 222 g/mol. The maximum absolute atomic E-state index is 10.9. The molecule has 16 heavy (non-hydrogen) atoms. The van der Waals surface area contributed by atoms with E-state index in [-0.39, 0.29) is 5.69 Å². The van der Waals surface area contributed by atoms with Crippen LogP contribution < -0.4 is 10.6 Å². The van der Waals surface area contributed by atoms with Crippen LogP contribution in [-0.4, -0.2) is 38.2 Å². The number of primary amides is 1. The zero-order valence-electron chi connectivity index (χ0n) is 9.56. The molecule has 87 valence electrons. The highest BCUT2D eigenvalue weighted by Gasteiger charge is 2.06. The van der Waals surface area contributed by atoms with E-state index >= 15 is 0 Å². The number of hydrogen-bond donors (Lipinski definition) is 1. The largest absolute Gasteiger partial charge is 0.385 e. The fourth-order valence-electron chi connectivity index (χ4n) is 1.28. The molecule has 2 N–H and O–H groups in total. The smallest absolute Gasteiger partial charge is 0.268 e. The number of nitrogens with zero attached hydrogens (tertiary/aromatic N) is 2. The third-order valence-electron chi connectivity index (χ3n) is 2.15. The summed E-state index contributed by atoms with van der Waals surface area (Å²) in [5.41, 5.74) is 5.30. The molecule has 0 spiro atoms. The minimum absolute atomic E-state index is 0.163. The van der Waals surface area contributed by atoms with Gasteiger partial charge in [-0.2, -0.15) is 0 Å². The highest BCUT2D eigenvalue weighted by Crippen LogP contribution is 2.09. The van der Waals surface area contributed by atoms with Crippen molar-refractivity contribution in [2.45, 2.75) is 6.42 Å². The first-order valence-corrected chi connectivity index (χ1v) is 5.03. The molecule has 1 aromatic rings. The van der Waals surface area contributed by atoms with Gasteiger partial charge in [-0.25, -0.2) is 4.98 Å². The molecule has 0 saturated carbocycles. The lowest BCUT2D eigenvalue weighted by Crippen LogP contribution is -2.22. The van der Waals surface area contributed by atoms with Crippen LogP contribution in [0.5, 0.6) is 0 Å². The van der Waals surface area contributed by atoms with E-state index < -0.39 is 5.91 Å². The van der Waals surface area contributed by atoms with E-state index in [2.05, 4.69) is 11.1 Å². The van der Waals surface area contributed by atoms with Gasteiger partial charge in [-0.15, -0.1) is 0 Å². The molecule has 0 unspecified atom stereocenters. The van der Waals surface area contributed by atoms with E-state index in [1.165, 1.54) is 0 Å². The Labute approximate surface area is 95.2 Å². The lowest BCUT2D eigenvalue weighted by molar-refractivity contribution is 0.0995. The molecule has 0 aliphatic heterocycles. The molecular weight excluding hydrogens is 206 g/mol. The molecule has 1 aromatic heterocycles. The first-order chi connectivity index (χ1) is 7.65. The molecule has 0 fully saturated rings. The predicted octanol–water partition coefficient (Wildman–Crippen LogP) is 0.453. The van der Waals surface area contributed by atoms with Gasteiger partial charge in [0.15, 0.2) is 0 Å². The standard InChI is InChI=1S/C11H16N3O2/c1-14(7-4-8-16-2)10-6-3-5-9(13-10)11(12)15/h3,6H,4,7-8H2,1-2H3,(H2,12,15). The van der Waals surface area contributed by atoms with Crippen LogP contribution in [-0.2, 0) is 4.74 Å². The van der Waals surface area contributed by atoms with E-state index in [1.54, 1.807) is 19.2 Å². The van der Waals surface area contributed by atoms with Gasteiger partial charge in [0, 0.05) is 33.4 Å². The van der Waals surface area contributed by atoms with Crippen LogP contribution >= 0.6 is 0 Å². The van der Waals surface area contributed by atoms with Crippen molar-refractivity contribution in [3.8, 4) is 0 Å². The van der Waals surface area contributed by atoms with Crippen molar-refractivity contribution in [3.63, 3.8) is 0 Å². The first kappa shape index (κ1) is 12.4. The summed E-state index contributed by atoms with van der Waals surface area (Å²) >= 11 is 0. The number of aromatic nitrogens is 1.